The Kier molecular flexibility index (Phi) is 3.86. The molecule has 1 saturated carbocycles. The van der Waals surface area contributed by atoms with Gasteiger partial charge in [0.1, 0.15) is 0 Å². The SMILES string of the molecule is COC1CC(C(=O)O)CC(CO)C1O. The zero-order valence-electron chi connectivity index (χ0n) is 8.09. The van der Waals surface area contributed by atoms with Crippen LogP contribution in [0.3, 0.4) is 0 Å². The summed E-state index contributed by atoms with van der Waals surface area (Å²) in [5.74, 6) is -1.81. The highest BCUT2D eigenvalue weighted by atomic mass is 16.5. The van der Waals surface area contributed by atoms with E-state index in [1.807, 2.05) is 0 Å². The summed E-state index contributed by atoms with van der Waals surface area (Å²) >= 11 is 0. The molecular weight excluding hydrogens is 188 g/mol. The third kappa shape index (κ3) is 2.23. The molecule has 0 radical (unpaired) electrons. The Balaban J connectivity index is 2.68. The van der Waals surface area contributed by atoms with Gasteiger partial charge >= 0.3 is 5.97 Å². The number of hydrogen-bond donors (Lipinski definition) is 3. The van der Waals surface area contributed by atoms with Crippen LogP contribution in [0.2, 0.25) is 0 Å². The molecule has 1 aliphatic rings. The van der Waals surface area contributed by atoms with Crippen molar-refractivity contribution in [1.82, 2.24) is 0 Å². The van der Waals surface area contributed by atoms with E-state index in [9.17, 15) is 9.90 Å². The Hall–Kier alpha value is -0.650. The predicted molar refractivity (Wildman–Crippen MR) is 47.7 cm³/mol. The third-order valence-corrected chi connectivity index (χ3v) is 2.85. The second kappa shape index (κ2) is 4.72. The molecule has 0 bridgehead atoms. The molecule has 82 valence electrons. The van der Waals surface area contributed by atoms with E-state index in [0.717, 1.165) is 0 Å². The number of ether oxygens (including phenoxy) is 1. The van der Waals surface area contributed by atoms with Gasteiger partial charge in [0, 0.05) is 19.6 Å². The van der Waals surface area contributed by atoms with Crippen LogP contribution in [0.4, 0.5) is 0 Å². The van der Waals surface area contributed by atoms with Gasteiger partial charge in [-0.2, -0.15) is 0 Å². The smallest absolute Gasteiger partial charge is 0.306 e. The summed E-state index contributed by atoms with van der Waals surface area (Å²) in [6.45, 7) is -0.204. The van der Waals surface area contributed by atoms with Gasteiger partial charge in [-0.3, -0.25) is 4.79 Å². The van der Waals surface area contributed by atoms with Crippen LogP contribution < -0.4 is 0 Å². The number of carbonyl (C=O) groups is 1. The normalized spacial score (nSPS) is 38.2. The largest absolute Gasteiger partial charge is 0.481 e. The maximum Gasteiger partial charge on any atom is 0.306 e. The summed E-state index contributed by atoms with van der Waals surface area (Å²) in [4.78, 5) is 10.8. The molecule has 4 unspecified atom stereocenters. The topological polar surface area (TPSA) is 87.0 Å². The summed E-state index contributed by atoms with van der Waals surface area (Å²) in [5, 5.41) is 27.4. The first-order valence-corrected chi connectivity index (χ1v) is 4.64. The van der Waals surface area contributed by atoms with E-state index >= 15 is 0 Å². The van der Waals surface area contributed by atoms with E-state index in [1.165, 1.54) is 7.11 Å². The number of carboxylic acids is 1. The fourth-order valence-electron chi connectivity index (χ4n) is 1.94. The van der Waals surface area contributed by atoms with E-state index in [2.05, 4.69) is 0 Å². The predicted octanol–water partition coefficient (Wildman–Crippen LogP) is -0.535. The molecule has 3 N–H and O–H groups in total. The molecule has 5 nitrogen and oxygen atoms in total. The summed E-state index contributed by atoms with van der Waals surface area (Å²) in [6, 6.07) is 0. The van der Waals surface area contributed by atoms with Gasteiger partial charge in [-0.05, 0) is 12.8 Å². The van der Waals surface area contributed by atoms with Gasteiger partial charge in [0.05, 0.1) is 18.1 Å². The van der Waals surface area contributed by atoms with Gasteiger partial charge in [0.2, 0.25) is 0 Å². The average molecular weight is 204 g/mol. The molecule has 0 heterocycles. The molecule has 0 spiro atoms. The number of carboxylic acid groups (broad SMARTS) is 1. The Bertz CT molecular complexity index is 191. The second-order valence-corrected chi connectivity index (χ2v) is 3.71. The van der Waals surface area contributed by atoms with Crippen molar-refractivity contribution in [3.8, 4) is 0 Å². The first-order valence-electron chi connectivity index (χ1n) is 4.64. The van der Waals surface area contributed by atoms with Crippen LogP contribution in [0.25, 0.3) is 0 Å². The summed E-state index contributed by atoms with van der Waals surface area (Å²) in [6.07, 6.45) is -0.626. The van der Waals surface area contributed by atoms with E-state index in [0.29, 0.717) is 12.8 Å². The van der Waals surface area contributed by atoms with Gasteiger partial charge in [-0.1, -0.05) is 0 Å². The standard InChI is InChI=1S/C9H16O5/c1-14-7-3-5(9(12)13)2-6(4-10)8(7)11/h5-8,10-11H,2-4H2,1H3,(H,12,13). The van der Waals surface area contributed by atoms with Crippen LogP contribution in [0.5, 0.6) is 0 Å². The van der Waals surface area contributed by atoms with Crippen LogP contribution >= 0.6 is 0 Å². The molecule has 0 saturated heterocycles. The van der Waals surface area contributed by atoms with Crippen molar-refractivity contribution in [2.45, 2.75) is 25.0 Å². The van der Waals surface area contributed by atoms with Crippen LogP contribution in [0.1, 0.15) is 12.8 Å². The quantitative estimate of drug-likeness (QED) is 0.575. The lowest BCUT2D eigenvalue weighted by Crippen LogP contribution is -2.45. The second-order valence-electron chi connectivity index (χ2n) is 3.71. The zero-order chi connectivity index (χ0) is 10.7. The molecule has 0 amide bonds. The van der Waals surface area contributed by atoms with E-state index < -0.39 is 30.0 Å². The number of methoxy groups -OCH3 is 1. The maximum absolute atomic E-state index is 10.8. The highest BCUT2D eigenvalue weighted by Crippen LogP contribution is 2.31. The number of aliphatic hydroxyl groups excluding tert-OH is 2. The Morgan fingerprint density at radius 3 is 2.57 bits per heavy atom. The first-order chi connectivity index (χ1) is 6.60. The minimum atomic E-state index is -0.891. The highest BCUT2D eigenvalue weighted by Gasteiger charge is 2.39. The first kappa shape index (κ1) is 11.4. The number of rotatable bonds is 3. The minimum Gasteiger partial charge on any atom is -0.481 e. The minimum absolute atomic E-state index is 0.204. The maximum atomic E-state index is 10.8. The van der Waals surface area contributed by atoms with Crippen LogP contribution in [-0.4, -0.2) is 47.2 Å². The molecule has 4 atom stereocenters. The number of hydrogen-bond acceptors (Lipinski definition) is 4. The Morgan fingerprint density at radius 1 is 1.50 bits per heavy atom. The lowest BCUT2D eigenvalue weighted by atomic mass is 9.78. The lowest BCUT2D eigenvalue weighted by Gasteiger charge is -2.35. The van der Waals surface area contributed by atoms with Gasteiger partial charge < -0.3 is 20.1 Å². The molecular formula is C9H16O5. The Morgan fingerprint density at radius 2 is 2.14 bits per heavy atom. The van der Waals surface area contributed by atoms with Crippen molar-refractivity contribution in [3.05, 3.63) is 0 Å². The molecule has 0 aromatic carbocycles. The highest BCUT2D eigenvalue weighted by molar-refractivity contribution is 5.70. The fraction of sp³-hybridized carbons (Fsp3) is 0.889. The fourth-order valence-corrected chi connectivity index (χ4v) is 1.94. The molecule has 0 aromatic rings. The van der Waals surface area contributed by atoms with Crippen molar-refractivity contribution in [2.75, 3.05) is 13.7 Å². The van der Waals surface area contributed by atoms with Gasteiger partial charge in [-0.25, -0.2) is 0 Å². The molecule has 1 rings (SSSR count). The van der Waals surface area contributed by atoms with E-state index in [4.69, 9.17) is 14.9 Å². The number of aliphatic carboxylic acids is 1. The molecule has 14 heavy (non-hydrogen) atoms. The number of aliphatic hydroxyl groups is 2. The van der Waals surface area contributed by atoms with Crippen molar-refractivity contribution >= 4 is 5.97 Å². The van der Waals surface area contributed by atoms with Crippen molar-refractivity contribution in [3.63, 3.8) is 0 Å². The molecule has 1 fully saturated rings. The monoisotopic (exact) mass is 204 g/mol. The lowest BCUT2D eigenvalue weighted by molar-refractivity contribution is -0.151. The van der Waals surface area contributed by atoms with E-state index in [1.54, 1.807) is 0 Å². The van der Waals surface area contributed by atoms with Crippen LogP contribution in [-0.2, 0) is 9.53 Å². The summed E-state index contributed by atoms with van der Waals surface area (Å²) < 4.78 is 4.99. The Labute approximate surface area is 82.3 Å². The summed E-state index contributed by atoms with van der Waals surface area (Å²) in [7, 11) is 1.44. The van der Waals surface area contributed by atoms with Crippen molar-refractivity contribution in [2.24, 2.45) is 11.8 Å². The average Bonchev–Trinajstić information content (AvgIpc) is 2.17. The van der Waals surface area contributed by atoms with E-state index in [-0.39, 0.29) is 6.61 Å². The van der Waals surface area contributed by atoms with Gasteiger partial charge in [0.25, 0.3) is 0 Å². The van der Waals surface area contributed by atoms with Crippen LogP contribution in [0, 0.1) is 11.8 Å². The zero-order valence-corrected chi connectivity index (χ0v) is 8.09. The van der Waals surface area contributed by atoms with Crippen molar-refractivity contribution < 1.29 is 24.9 Å². The third-order valence-electron chi connectivity index (χ3n) is 2.85. The van der Waals surface area contributed by atoms with Gasteiger partial charge in [-0.15, -0.1) is 0 Å². The van der Waals surface area contributed by atoms with Crippen LogP contribution in [0.15, 0.2) is 0 Å². The molecule has 5 heteroatoms. The molecule has 1 aliphatic carbocycles. The van der Waals surface area contributed by atoms with Crippen molar-refractivity contribution in [1.29, 1.82) is 0 Å². The molecule has 0 aromatic heterocycles. The molecule has 0 aliphatic heterocycles. The summed E-state index contributed by atoms with van der Waals surface area (Å²) in [5.41, 5.74) is 0. The van der Waals surface area contributed by atoms with Gasteiger partial charge in [0.15, 0.2) is 0 Å².